The predicted molar refractivity (Wildman–Crippen MR) is 80.6 cm³/mol. The van der Waals surface area contributed by atoms with E-state index in [1.807, 2.05) is 18.2 Å². The maximum atomic E-state index is 5.90. The largest absolute Gasteiger partial charge is 0.493 e. The zero-order valence-corrected chi connectivity index (χ0v) is 12.9. The van der Waals surface area contributed by atoms with Gasteiger partial charge in [-0.15, -0.1) is 0 Å². The maximum absolute atomic E-state index is 5.90. The van der Waals surface area contributed by atoms with Gasteiger partial charge < -0.3 is 25.3 Å². The minimum Gasteiger partial charge on any atom is -0.493 e. The molecule has 1 atom stereocenters. The fourth-order valence-corrected chi connectivity index (χ4v) is 2.10. The van der Waals surface area contributed by atoms with Gasteiger partial charge in [0.05, 0.1) is 20.8 Å². The van der Waals surface area contributed by atoms with E-state index in [0.717, 1.165) is 30.0 Å². The Bertz CT molecular complexity index is 412. The molecule has 1 aromatic carbocycles. The summed E-state index contributed by atoms with van der Waals surface area (Å²) in [5.41, 5.74) is 6.89. The lowest BCUT2D eigenvalue weighted by atomic mass is 9.92. The molecule has 0 radical (unpaired) electrons. The predicted octanol–water partition coefficient (Wildman–Crippen LogP) is 1.20. The molecule has 1 rings (SSSR count). The summed E-state index contributed by atoms with van der Waals surface area (Å²) in [5.74, 6) is 1.47. The topological polar surface area (TPSA) is 65.7 Å². The number of hydrogen-bond donors (Lipinski definition) is 2. The minimum absolute atomic E-state index is 0.169. The second-order valence-corrected chi connectivity index (χ2v) is 5.05. The quantitative estimate of drug-likeness (QED) is 0.666. The second kappa shape index (κ2) is 8.09. The van der Waals surface area contributed by atoms with Crippen LogP contribution in [0.3, 0.4) is 0 Å². The van der Waals surface area contributed by atoms with E-state index in [9.17, 15) is 0 Å². The molecule has 114 valence electrons. The number of benzene rings is 1. The third-order valence-electron chi connectivity index (χ3n) is 3.35. The number of rotatable bonds is 9. The minimum atomic E-state index is -0.169. The van der Waals surface area contributed by atoms with Crippen LogP contribution in [-0.4, -0.2) is 46.6 Å². The average Bonchev–Trinajstić information content (AvgIpc) is 2.47. The van der Waals surface area contributed by atoms with Crippen LogP contribution in [0.1, 0.15) is 12.5 Å². The van der Waals surface area contributed by atoms with E-state index >= 15 is 0 Å². The van der Waals surface area contributed by atoms with Crippen LogP contribution in [0.2, 0.25) is 0 Å². The lowest BCUT2D eigenvalue weighted by Gasteiger charge is -2.30. The highest BCUT2D eigenvalue weighted by Gasteiger charge is 2.22. The zero-order valence-electron chi connectivity index (χ0n) is 12.9. The molecule has 0 fully saturated rings. The number of nitrogens with two attached hydrogens (primary N) is 1. The van der Waals surface area contributed by atoms with Crippen molar-refractivity contribution in [1.29, 1.82) is 0 Å². The van der Waals surface area contributed by atoms with Crippen molar-refractivity contribution in [3.05, 3.63) is 23.8 Å². The molecule has 0 amide bonds. The molecule has 1 aromatic rings. The molecule has 20 heavy (non-hydrogen) atoms. The van der Waals surface area contributed by atoms with E-state index < -0.39 is 0 Å². The lowest BCUT2D eigenvalue weighted by molar-refractivity contribution is 0.186. The van der Waals surface area contributed by atoms with E-state index in [1.54, 1.807) is 21.3 Å². The smallest absolute Gasteiger partial charge is 0.160 e. The maximum Gasteiger partial charge on any atom is 0.160 e. The molecule has 0 aromatic heterocycles. The van der Waals surface area contributed by atoms with Gasteiger partial charge in [0.25, 0.3) is 0 Å². The van der Waals surface area contributed by atoms with Crippen molar-refractivity contribution >= 4 is 0 Å². The van der Waals surface area contributed by atoms with Gasteiger partial charge in [-0.05, 0) is 31.0 Å². The van der Waals surface area contributed by atoms with Crippen molar-refractivity contribution in [2.75, 3.05) is 41.0 Å². The Morgan fingerprint density at radius 1 is 1.15 bits per heavy atom. The Balaban J connectivity index is 2.78. The highest BCUT2D eigenvalue weighted by molar-refractivity contribution is 5.43. The summed E-state index contributed by atoms with van der Waals surface area (Å²) in [6.45, 7) is 4.10. The third-order valence-corrected chi connectivity index (χ3v) is 3.35. The molecular formula is C15H26N2O3. The van der Waals surface area contributed by atoms with E-state index in [2.05, 4.69) is 12.2 Å². The first-order valence-corrected chi connectivity index (χ1v) is 6.73. The Hall–Kier alpha value is -1.30. The Labute approximate surface area is 121 Å². The van der Waals surface area contributed by atoms with Crippen LogP contribution in [0.25, 0.3) is 0 Å². The molecule has 0 bridgehead atoms. The van der Waals surface area contributed by atoms with Gasteiger partial charge in [-0.3, -0.25) is 0 Å². The molecule has 5 nitrogen and oxygen atoms in total. The molecule has 0 saturated heterocycles. The van der Waals surface area contributed by atoms with E-state index in [0.29, 0.717) is 13.2 Å². The Kier molecular flexibility index (Phi) is 6.78. The van der Waals surface area contributed by atoms with E-state index in [4.69, 9.17) is 19.9 Å². The third kappa shape index (κ3) is 4.67. The average molecular weight is 282 g/mol. The number of methoxy groups -OCH3 is 3. The molecule has 0 aliphatic rings. The van der Waals surface area contributed by atoms with Crippen LogP contribution in [0.15, 0.2) is 18.2 Å². The van der Waals surface area contributed by atoms with Gasteiger partial charge >= 0.3 is 0 Å². The van der Waals surface area contributed by atoms with Crippen molar-refractivity contribution in [2.24, 2.45) is 5.73 Å². The molecule has 0 aliphatic heterocycles. The summed E-state index contributed by atoms with van der Waals surface area (Å²) in [5, 5.41) is 3.44. The van der Waals surface area contributed by atoms with Crippen LogP contribution in [0, 0.1) is 0 Å². The van der Waals surface area contributed by atoms with Gasteiger partial charge in [-0.2, -0.15) is 0 Å². The van der Waals surface area contributed by atoms with Crippen LogP contribution < -0.4 is 20.5 Å². The first-order chi connectivity index (χ1) is 9.58. The summed E-state index contributed by atoms with van der Waals surface area (Å²) >= 11 is 0. The van der Waals surface area contributed by atoms with Crippen LogP contribution >= 0.6 is 0 Å². The Morgan fingerprint density at radius 3 is 2.40 bits per heavy atom. The molecule has 1 unspecified atom stereocenters. The van der Waals surface area contributed by atoms with Crippen LogP contribution in [0.4, 0.5) is 0 Å². The van der Waals surface area contributed by atoms with Crippen molar-refractivity contribution in [3.63, 3.8) is 0 Å². The summed E-state index contributed by atoms with van der Waals surface area (Å²) in [6, 6.07) is 5.94. The first kappa shape index (κ1) is 16.8. The molecule has 5 heteroatoms. The summed E-state index contributed by atoms with van der Waals surface area (Å²) < 4.78 is 15.6. The van der Waals surface area contributed by atoms with Crippen molar-refractivity contribution in [2.45, 2.75) is 18.9 Å². The zero-order chi connectivity index (χ0) is 15.0. The highest BCUT2D eigenvalue weighted by Crippen LogP contribution is 2.28. The number of nitrogens with one attached hydrogen (secondary N) is 1. The normalized spacial score (nSPS) is 13.8. The molecule has 0 heterocycles. The first-order valence-electron chi connectivity index (χ1n) is 6.73. The SMILES string of the molecule is COCCNC(C)(CN)Cc1ccc(OC)c(OC)c1. The fraction of sp³-hybridized carbons (Fsp3) is 0.600. The van der Waals surface area contributed by atoms with Crippen molar-refractivity contribution in [3.8, 4) is 11.5 Å². The van der Waals surface area contributed by atoms with Gasteiger partial charge in [-0.25, -0.2) is 0 Å². The van der Waals surface area contributed by atoms with Crippen molar-refractivity contribution < 1.29 is 14.2 Å². The van der Waals surface area contributed by atoms with Crippen LogP contribution in [0.5, 0.6) is 11.5 Å². The monoisotopic (exact) mass is 282 g/mol. The lowest BCUT2D eigenvalue weighted by Crippen LogP contribution is -2.51. The summed E-state index contributed by atoms with van der Waals surface area (Å²) in [7, 11) is 4.96. The van der Waals surface area contributed by atoms with Gasteiger partial charge in [-0.1, -0.05) is 6.07 Å². The summed E-state index contributed by atoms with van der Waals surface area (Å²) in [4.78, 5) is 0. The van der Waals surface area contributed by atoms with E-state index in [1.165, 1.54) is 0 Å². The molecule has 0 aliphatic carbocycles. The summed E-state index contributed by atoms with van der Waals surface area (Å²) in [6.07, 6.45) is 0.813. The fourth-order valence-electron chi connectivity index (χ4n) is 2.10. The van der Waals surface area contributed by atoms with Gasteiger partial charge in [0, 0.05) is 25.7 Å². The van der Waals surface area contributed by atoms with E-state index in [-0.39, 0.29) is 5.54 Å². The highest BCUT2D eigenvalue weighted by atomic mass is 16.5. The van der Waals surface area contributed by atoms with Gasteiger partial charge in [0.2, 0.25) is 0 Å². The number of ether oxygens (including phenoxy) is 3. The standard InChI is InChI=1S/C15H26N2O3/c1-15(11-16,17-7-8-18-2)10-12-5-6-13(19-3)14(9-12)20-4/h5-6,9,17H,7-8,10-11,16H2,1-4H3. The van der Waals surface area contributed by atoms with Crippen molar-refractivity contribution in [1.82, 2.24) is 5.32 Å². The van der Waals surface area contributed by atoms with Gasteiger partial charge in [0.1, 0.15) is 0 Å². The molecule has 3 N–H and O–H groups in total. The Morgan fingerprint density at radius 2 is 1.85 bits per heavy atom. The molecule has 0 spiro atoms. The number of hydrogen-bond acceptors (Lipinski definition) is 5. The molecule has 0 saturated carbocycles. The second-order valence-electron chi connectivity index (χ2n) is 5.05. The van der Waals surface area contributed by atoms with Gasteiger partial charge in [0.15, 0.2) is 11.5 Å². The molecular weight excluding hydrogens is 256 g/mol. The van der Waals surface area contributed by atoms with Crippen LogP contribution in [-0.2, 0) is 11.2 Å².